The molecule has 0 aliphatic rings. The molecule has 86 valence electrons. The fourth-order valence-corrected chi connectivity index (χ4v) is 1.70. The summed E-state index contributed by atoms with van der Waals surface area (Å²) in [6.45, 7) is 5.62. The van der Waals surface area contributed by atoms with E-state index in [0.29, 0.717) is 0 Å². The fraction of sp³-hybridized carbons (Fsp3) is 0.333. The van der Waals surface area contributed by atoms with Crippen LogP contribution in [0.1, 0.15) is 25.0 Å². The van der Waals surface area contributed by atoms with Crippen LogP contribution in [0.15, 0.2) is 28.4 Å². The van der Waals surface area contributed by atoms with Crippen molar-refractivity contribution >= 4 is 22.0 Å². The summed E-state index contributed by atoms with van der Waals surface area (Å²) in [4.78, 5) is 10.5. The van der Waals surface area contributed by atoms with Crippen LogP contribution in [0.2, 0.25) is 0 Å². The van der Waals surface area contributed by atoms with Gasteiger partial charge in [-0.05, 0) is 24.1 Å². The molecular weight excluding hydrogens is 270 g/mol. The van der Waals surface area contributed by atoms with Gasteiger partial charge in [-0.3, -0.25) is 10.1 Å². The van der Waals surface area contributed by atoms with Gasteiger partial charge < -0.3 is 0 Å². The summed E-state index contributed by atoms with van der Waals surface area (Å²) < 4.78 is 0.965. The van der Waals surface area contributed by atoms with Crippen molar-refractivity contribution in [3.05, 3.63) is 49.6 Å². The molecule has 0 unspecified atom stereocenters. The van der Waals surface area contributed by atoms with Gasteiger partial charge in [0.05, 0.1) is 4.92 Å². The van der Waals surface area contributed by atoms with Crippen molar-refractivity contribution < 1.29 is 4.92 Å². The van der Waals surface area contributed by atoms with Crippen LogP contribution in [0.5, 0.6) is 0 Å². The molecule has 0 saturated carbocycles. The smallest absolute Gasteiger partial charge is 0.249 e. The quantitative estimate of drug-likeness (QED) is 0.621. The van der Waals surface area contributed by atoms with E-state index in [0.717, 1.165) is 15.6 Å². The summed E-state index contributed by atoms with van der Waals surface area (Å²) in [7, 11) is 0. The van der Waals surface area contributed by atoms with Crippen LogP contribution in [0, 0.1) is 23.0 Å². The maximum Gasteiger partial charge on any atom is 0.249 e. The first-order chi connectivity index (χ1) is 7.41. The van der Waals surface area contributed by atoms with Crippen LogP contribution in [-0.4, -0.2) is 4.92 Å². The Morgan fingerprint density at radius 3 is 2.56 bits per heavy atom. The zero-order valence-electron chi connectivity index (χ0n) is 9.53. The molecule has 0 amide bonds. The molecule has 0 N–H and O–H groups in total. The lowest BCUT2D eigenvalue weighted by Gasteiger charge is -2.03. The largest absolute Gasteiger partial charge is 0.259 e. The van der Waals surface area contributed by atoms with Gasteiger partial charge in [-0.25, -0.2) is 0 Å². The van der Waals surface area contributed by atoms with Crippen molar-refractivity contribution in [2.75, 3.05) is 0 Å². The fourth-order valence-electron chi connectivity index (χ4n) is 1.30. The minimum atomic E-state index is -0.321. The maximum atomic E-state index is 10.8. The van der Waals surface area contributed by atoms with Crippen LogP contribution in [0.4, 0.5) is 0 Å². The van der Waals surface area contributed by atoms with E-state index < -0.39 is 0 Å². The minimum Gasteiger partial charge on any atom is -0.259 e. The first kappa shape index (κ1) is 12.9. The second-order valence-corrected chi connectivity index (χ2v) is 4.84. The highest BCUT2D eigenvalue weighted by atomic mass is 79.9. The Labute approximate surface area is 103 Å². The molecule has 0 aliphatic heterocycles. The van der Waals surface area contributed by atoms with Crippen LogP contribution >= 0.6 is 15.9 Å². The van der Waals surface area contributed by atoms with Gasteiger partial charge in [0.25, 0.3) is 0 Å². The van der Waals surface area contributed by atoms with E-state index in [1.807, 2.05) is 39.0 Å². The van der Waals surface area contributed by atoms with Crippen LogP contribution in [-0.2, 0) is 0 Å². The Morgan fingerprint density at radius 1 is 1.50 bits per heavy atom. The van der Waals surface area contributed by atoms with E-state index in [-0.39, 0.29) is 16.5 Å². The van der Waals surface area contributed by atoms with Gasteiger partial charge in [-0.1, -0.05) is 41.9 Å². The average molecular weight is 284 g/mol. The zero-order valence-corrected chi connectivity index (χ0v) is 11.1. The van der Waals surface area contributed by atoms with Crippen molar-refractivity contribution in [2.45, 2.75) is 20.8 Å². The number of benzene rings is 1. The minimum absolute atomic E-state index is 0.0879. The Bertz CT molecular complexity index is 439. The van der Waals surface area contributed by atoms with E-state index in [4.69, 9.17) is 0 Å². The summed E-state index contributed by atoms with van der Waals surface area (Å²) >= 11 is 3.41. The topological polar surface area (TPSA) is 43.1 Å². The standard InChI is InChI=1S/C12H14BrNO2/c1-8(2)12(14(15)16)7-10-5-4-9(3)11(13)6-10/h4-8H,1-3H3/b12-7-. The van der Waals surface area contributed by atoms with E-state index in [9.17, 15) is 10.1 Å². The molecular formula is C12H14BrNO2. The highest BCUT2D eigenvalue weighted by Crippen LogP contribution is 2.21. The number of aryl methyl sites for hydroxylation is 1. The van der Waals surface area contributed by atoms with Gasteiger partial charge in [-0.2, -0.15) is 0 Å². The summed E-state index contributed by atoms with van der Waals surface area (Å²) in [5.41, 5.74) is 2.19. The summed E-state index contributed by atoms with van der Waals surface area (Å²) in [5, 5.41) is 10.8. The third-order valence-corrected chi connectivity index (χ3v) is 3.17. The Hall–Kier alpha value is -1.16. The number of halogens is 1. The number of hydrogen-bond acceptors (Lipinski definition) is 2. The van der Waals surface area contributed by atoms with Crippen LogP contribution in [0.25, 0.3) is 6.08 Å². The molecule has 0 atom stereocenters. The van der Waals surface area contributed by atoms with E-state index in [1.54, 1.807) is 6.08 Å². The number of hydrogen-bond donors (Lipinski definition) is 0. The van der Waals surface area contributed by atoms with Crippen LogP contribution < -0.4 is 0 Å². The summed E-state index contributed by atoms with van der Waals surface area (Å²) in [6, 6.07) is 5.71. The molecule has 3 nitrogen and oxygen atoms in total. The van der Waals surface area contributed by atoms with Gasteiger partial charge >= 0.3 is 0 Å². The molecule has 0 fully saturated rings. The van der Waals surface area contributed by atoms with Crippen molar-refractivity contribution in [3.63, 3.8) is 0 Å². The number of rotatable bonds is 3. The summed E-state index contributed by atoms with van der Waals surface area (Å²) in [6.07, 6.45) is 1.62. The SMILES string of the molecule is Cc1ccc(/C=C(/C(C)C)[N+](=O)[O-])cc1Br. The number of nitrogens with zero attached hydrogens (tertiary/aromatic N) is 1. The monoisotopic (exact) mass is 283 g/mol. The van der Waals surface area contributed by atoms with E-state index in [2.05, 4.69) is 15.9 Å². The third-order valence-electron chi connectivity index (χ3n) is 2.31. The molecule has 1 aromatic carbocycles. The molecule has 0 aliphatic carbocycles. The van der Waals surface area contributed by atoms with Gasteiger partial charge in [0.15, 0.2) is 0 Å². The van der Waals surface area contributed by atoms with Crippen molar-refractivity contribution in [1.82, 2.24) is 0 Å². The highest BCUT2D eigenvalue weighted by Gasteiger charge is 2.15. The molecule has 0 radical (unpaired) electrons. The molecule has 0 aromatic heterocycles. The lowest BCUT2D eigenvalue weighted by molar-refractivity contribution is -0.431. The molecule has 1 rings (SSSR count). The molecule has 16 heavy (non-hydrogen) atoms. The van der Waals surface area contributed by atoms with Crippen LogP contribution in [0.3, 0.4) is 0 Å². The normalized spacial score (nSPS) is 11.9. The second-order valence-electron chi connectivity index (χ2n) is 3.99. The number of nitro groups is 1. The summed E-state index contributed by atoms with van der Waals surface area (Å²) in [5.74, 6) is -0.0879. The molecule has 0 heterocycles. The van der Waals surface area contributed by atoms with Gasteiger partial charge in [0.1, 0.15) is 0 Å². The van der Waals surface area contributed by atoms with E-state index >= 15 is 0 Å². The first-order valence-corrected chi connectivity index (χ1v) is 5.83. The molecule has 0 bridgehead atoms. The predicted molar refractivity (Wildman–Crippen MR) is 68.7 cm³/mol. The van der Waals surface area contributed by atoms with Gasteiger partial charge in [0, 0.05) is 16.5 Å². The van der Waals surface area contributed by atoms with Crippen molar-refractivity contribution in [1.29, 1.82) is 0 Å². The lowest BCUT2D eigenvalue weighted by atomic mass is 10.1. The molecule has 0 spiro atoms. The number of allylic oxidation sites excluding steroid dienone is 1. The van der Waals surface area contributed by atoms with Gasteiger partial charge in [-0.15, -0.1) is 0 Å². The second kappa shape index (κ2) is 5.25. The predicted octanol–water partition coefficient (Wildman–Crippen LogP) is 4.03. The van der Waals surface area contributed by atoms with Crippen molar-refractivity contribution in [3.8, 4) is 0 Å². The first-order valence-electron chi connectivity index (χ1n) is 5.04. The zero-order chi connectivity index (χ0) is 12.3. The molecule has 1 aromatic rings. The highest BCUT2D eigenvalue weighted by molar-refractivity contribution is 9.10. The molecule has 0 saturated heterocycles. The Morgan fingerprint density at radius 2 is 2.12 bits per heavy atom. The Kier molecular flexibility index (Phi) is 4.24. The van der Waals surface area contributed by atoms with Crippen molar-refractivity contribution in [2.24, 2.45) is 5.92 Å². The molecule has 4 heteroatoms. The average Bonchev–Trinajstić information content (AvgIpc) is 2.18. The maximum absolute atomic E-state index is 10.8. The lowest BCUT2D eigenvalue weighted by Crippen LogP contribution is -2.05. The Balaban J connectivity index is 3.13. The van der Waals surface area contributed by atoms with Gasteiger partial charge in [0.2, 0.25) is 5.70 Å². The van der Waals surface area contributed by atoms with E-state index in [1.165, 1.54) is 0 Å². The third kappa shape index (κ3) is 3.17.